The standard InChI is InChI=1S/C17H32O/c1-2-3-4-5-6-7-8-9-10-11-12-13-14-15-16-17-18/h7-10,18H,2-6,11-17H2,1H3. The van der Waals surface area contributed by atoms with Crippen molar-refractivity contribution in [1.82, 2.24) is 0 Å². The number of rotatable bonds is 13. The zero-order valence-electron chi connectivity index (χ0n) is 12.2. The highest BCUT2D eigenvalue weighted by Gasteiger charge is 1.88. The number of aliphatic hydroxyl groups excluding tert-OH is 1. The molecule has 0 unspecified atom stereocenters. The molecule has 0 aliphatic carbocycles. The number of hydrogen-bond acceptors (Lipinski definition) is 1. The fourth-order valence-electron chi connectivity index (χ4n) is 1.94. The quantitative estimate of drug-likeness (QED) is 0.343. The summed E-state index contributed by atoms with van der Waals surface area (Å²) in [5.74, 6) is 0. The van der Waals surface area contributed by atoms with Crippen LogP contribution in [0.2, 0.25) is 0 Å². The third-order valence-corrected chi connectivity index (χ3v) is 3.14. The van der Waals surface area contributed by atoms with Crippen LogP contribution < -0.4 is 0 Å². The maximum absolute atomic E-state index is 8.64. The molecule has 0 heterocycles. The van der Waals surface area contributed by atoms with Gasteiger partial charge in [0.05, 0.1) is 0 Å². The lowest BCUT2D eigenvalue weighted by Gasteiger charge is -1.97. The normalized spacial score (nSPS) is 11.9. The van der Waals surface area contributed by atoms with Crippen molar-refractivity contribution in [2.45, 2.75) is 77.6 Å². The van der Waals surface area contributed by atoms with E-state index in [1.54, 1.807) is 0 Å². The van der Waals surface area contributed by atoms with Gasteiger partial charge in [-0.1, -0.05) is 69.8 Å². The summed E-state index contributed by atoms with van der Waals surface area (Å²) in [6.45, 7) is 2.60. The van der Waals surface area contributed by atoms with E-state index in [1.165, 1.54) is 64.2 Å². The minimum Gasteiger partial charge on any atom is -0.396 e. The Morgan fingerprint density at radius 3 is 1.72 bits per heavy atom. The van der Waals surface area contributed by atoms with E-state index in [0.717, 1.165) is 6.42 Å². The molecule has 1 heteroatoms. The van der Waals surface area contributed by atoms with Gasteiger partial charge in [-0.15, -0.1) is 0 Å². The number of allylic oxidation sites excluding steroid dienone is 4. The molecule has 0 saturated carbocycles. The average Bonchev–Trinajstić information content (AvgIpc) is 2.39. The topological polar surface area (TPSA) is 20.2 Å². The molecule has 0 fully saturated rings. The molecule has 0 amide bonds. The Morgan fingerprint density at radius 1 is 0.667 bits per heavy atom. The van der Waals surface area contributed by atoms with E-state index < -0.39 is 0 Å². The van der Waals surface area contributed by atoms with Gasteiger partial charge in [0, 0.05) is 6.61 Å². The molecule has 0 aromatic carbocycles. The third kappa shape index (κ3) is 15.4. The van der Waals surface area contributed by atoms with E-state index in [1.807, 2.05) is 0 Å². The Kier molecular flexibility index (Phi) is 15.9. The summed E-state index contributed by atoms with van der Waals surface area (Å²) in [4.78, 5) is 0. The smallest absolute Gasteiger partial charge is 0.0431 e. The highest BCUT2D eigenvalue weighted by atomic mass is 16.2. The van der Waals surface area contributed by atoms with Crippen molar-refractivity contribution >= 4 is 0 Å². The molecule has 0 rings (SSSR count). The van der Waals surface area contributed by atoms with Crippen LogP contribution in [0.4, 0.5) is 0 Å². The molecule has 18 heavy (non-hydrogen) atoms. The SMILES string of the molecule is CCCCCCC=CC=CCCCCCCCO. The number of unbranched alkanes of at least 4 members (excludes halogenated alkanes) is 9. The Bertz CT molecular complexity index is 194. The minimum atomic E-state index is 0.350. The highest BCUT2D eigenvalue weighted by Crippen LogP contribution is 2.06. The van der Waals surface area contributed by atoms with Crippen LogP contribution >= 0.6 is 0 Å². The predicted octanol–water partition coefficient (Wildman–Crippen LogP) is 5.40. The summed E-state index contributed by atoms with van der Waals surface area (Å²) in [5.41, 5.74) is 0. The van der Waals surface area contributed by atoms with Crippen molar-refractivity contribution in [2.75, 3.05) is 6.61 Å². The van der Waals surface area contributed by atoms with Gasteiger partial charge in [0.25, 0.3) is 0 Å². The molecule has 0 aliphatic rings. The molecule has 106 valence electrons. The van der Waals surface area contributed by atoms with Crippen LogP contribution in [0, 0.1) is 0 Å². The number of hydrogen-bond donors (Lipinski definition) is 1. The molecule has 0 aliphatic heterocycles. The Morgan fingerprint density at radius 2 is 1.17 bits per heavy atom. The van der Waals surface area contributed by atoms with Crippen molar-refractivity contribution < 1.29 is 5.11 Å². The highest BCUT2D eigenvalue weighted by molar-refractivity contribution is 5.02. The van der Waals surface area contributed by atoms with Crippen molar-refractivity contribution in [1.29, 1.82) is 0 Å². The minimum absolute atomic E-state index is 0.350. The first-order valence-corrected chi connectivity index (χ1v) is 7.84. The molecule has 1 nitrogen and oxygen atoms in total. The van der Waals surface area contributed by atoms with Crippen LogP contribution in [-0.4, -0.2) is 11.7 Å². The first kappa shape index (κ1) is 17.4. The van der Waals surface area contributed by atoms with Crippen LogP contribution in [0.5, 0.6) is 0 Å². The summed E-state index contributed by atoms with van der Waals surface area (Å²) in [5, 5.41) is 8.64. The zero-order chi connectivity index (χ0) is 13.3. The first-order chi connectivity index (χ1) is 8.91. The van der Waals surface area contributed by atoms with Gasteiger partial charge in [-0.3, -0.25) is 0 Å². The molecule has 0 radical (unpaired) electrons. The van der Waals surface area contributed by atoms with Gasteiger partial charge in [0.2, 0.25) is 0 Å². The molecule has 0 spiro atoms. The molecule has 0 aromatic rings. The van der Waals surface area contributed by atoms with Gasteiger partial charge in [0.1, 0.15) is 0 Å². The Hall–Kier alpha value is -0.560. The third-order valence-electron chi connectivity index (χ3n) is 3.14. The number of aliphatic hydroxyl groups is 1. The van der Waals surface area contributed by atoms with E-state index in [4.69, 9.17) is 5.11 Å². The molecule has 0 atom stereocenters. The van der Waals surface area contributed by atoms with Crippen LogP contribution in [0.15, 0.2) is 24.3 Å². The van der Waals surface area contributed by atoms with Gasteiger partial charge in [-0.05, 0) is 32.1 Å². The van der Waals surface area contributed by atoms with E-state index in [2.05, 4.69) is 31.2 Å². The van der Waals surface area contributed by atoms with E-state index >= 15 is 0 Å². The second-order valence-corrected chi connectivity index (χ2v) is 4.99. The average molecular weight is 252 g/mol. The molecular formula is C17H32O. The van der Waals surface area contributed by atoms with Gasteiger partial charge >= 0.3 is 0 Å². The van der Waals surface area contributed by atoms with Crippen LogP contribution in [0.3, 0.4) is 0 Å². The fraction of sp³-hybridized carbons (Fsp3) is 0.765. The van der Waals surface area contributed by atoms with Crippen molar-refractivity contribution in [3.05, 3.63) is 24.3 Å². The van der Waals surface area contributed by atoms with Crippen molar-refractivity contribution in [3.63, 3.8) is 0 Å². The summed E-state index contributed by atoms with van der Waals surface area (Å²) in [6, 6.07) is 0. The second-order valence-electron chi connectivity index (χ2n) is 4.99. The maximum Gasteiger partial charge on any atom is 0.0431 e. The lowest BCUT2D eigenvalue weighted by molar-refractivity contribution is 0.282. The molecule has 0 aromatic heterocycles. The van der Waals surface area contributed by atoms with E-state index in [-0.39, 0.29) is 0 Å². The van der Waals surface area contributed by atoms with Crippen LogP contribution in [-0.2, 0) is 0 Å². The van der Waals surface area contributed by atoms with E-state index in [0.29, 0.717) is 6.61 Å². The Balaban J connectivity index is 3.14. The molecule has 1 N–H and O–H groups in total. The fourth-order valence-corrected chi connectivity index (χ4v) is 1.94. The molecular weight excluding hydrogens is 220 g/mol. The van der Waals surface area contributed by atoms with Gasteiger partial charge in [0.15, 0.2) is 0 Å². The Labute approximate surface area is 114 Å². The zero-order valence-corrected chi connectivity index (χ0v) is 12.2. The van der Waals surface area contributed by atoms with E-state index in [9.17, 15) is 0 Å². The van der Waals surface area contributed by atoms with Crippen LogP contribution in [0.1, 0.15) is 77.6 Å². The molecule has 0 saturated heterocycles. The molecule has 0 bridgehead atoms. The summed E-state index contributed by atoms with van der Waals surface area (Å²) >= 11 is 0. The lowest BCUT2D eigenvalue weighted by atomic mass is 10.1. The van der Waals surface area contributed by atoms with Crippen LogP contribution in [0.25, 0.3) is 0 Å². The van der Waals surface area contributed by atoms with Gasteiger partial charge < -0.3 is 5.11 Å². The van der Waals surface area contributed by atoms with Crippen molar-refractivity contribution in [3.8, 4) is 0 Å². The van der Waals surface area contributed by atoms with Gasteiger partial charge in [-0.2, -0.15) is 0 Å². The monoisotopic (exact) mass is 252 g/mol. The lowest BCUT2D eigenvalue weighted by Crippen LogP contribution is -1.82. The largest absolute Gasteiger partial charge is 0.396 e. The summed E-state index contributed by atoms with van der Waals surface area (Å²) in [6.07, 6.45) is 22.8. The second kappa shape index (κ2) is 16.4. The predicted molar refractivity (Wildman–Crippen MR) is 81.8 cm³/mol. The van der Waals surface area contributed by atoms with Gasteiger partial charge in [-0.25, -0.2) is 0 Å². The maximum atomic E-state index is 8.64. The summed E-state index contributed by atoms with van der Waals surface area (Å²) < 4.78 is 0. The van der Waals surface area contributed by atoms with Crippen molar-refractivity contribution in [2.24, 2.45) is 0 Å². The first-order valence-electron chi connectivity index (χ1n) is 7.84. The summed E-state index contributed by atoms with van der Waals surface area (Å²) in [7, 11) is 0.